The van der Waals surface area contributed by atoms with Gasteiger partial charge in [0, 0.05) is 26.2 Å². The van der Waals surface area contributed by atoms with E-state index in [1.54, 1.807) is 17.1 Å². The fourth-order valence-electron chi connectivity index (χ4n) is 1.46. The number of piperazine rings is 1. The summed E-state index contributed by atoms with van der Waals surface area (Å²) >= 11 is 0. The van der Waals surface area contributed by atoms with E-state index in [1.807, 2.05) is 0 Å². The number of hydrogen-bond donors (Lipinski definition) is 1. The first kappa shape index (κ1) is 11.4. The quantitative estimate of drug-likeness (QED) is 0.653. The van der Waals surface area contributed by atoms with Crippen LogP contribution in [-0.2, 0) is 9.63 Å². The van der Waals surface area contributed by atoms with Crippen LogP contribution in [0.2, 0.25) is 0 Å². The summed E-state index contributed by atoms with van der Waals surface area (Å²) in [5.41, 5.74) is -1.27. The molecule has 5 heteroatoms. The molecule has 1 aliphatic heterocycles. The monoisotopic (exact) mass is 202 g/mol. The van der Waals surface area contributed by atoms with Crippen LogP contribution in [-0.4, -0.2) is 59.9 Å². The Morgan fingerprint density at radius 3 is 2.14 bits per heavy atom. The fourth-order valence-corrected chi connectivity index (χ4v) is 1.46. The van der Waals surface area contributed by atoms with Gasteiger partial charge in [0.2, 0.25) is 0 Å². The molecule has 0 atom stereocenters. The van der Waals surface area contributed by atoms with Gasteiger partial charge in [-0.05, 0) is 13.8 Å². The van der Waals surface area contributed by atoms with Crippen molar-refractivity contribution in [2.45, 2.75) is 19.4 Å². The van der Waals surface area contributed by atoms with Crippen molar-refractivity contribution < 1.29 is 14.7 Å². The highest BCUT2D eigenvalue weighted by atomic mass is 16.7. The van der Waals surface area contributed by atoms with Crippen molar-refractivity contribution in [3.05, 3.63) is 0 Å². The summed E-state index contributed by atoms with van der Waals surface area (Å²) in [6.45, 7) is 5.63. The van der Waals surface area contributed by atoms with Crippen LogP contribution in [0, 0.1) is 0 Å². The van der Waals surface area contributed by atoms with E-state index in [1.165, 1.54) is 13.8 Å². The maximum absolute atomic E-state index is 11.6. The minimum absolute atomic E-state index is 0.215. The average molecular weight is 202 g/mol. The zero-order chi connectivity index (χ0) is 10.8. The van der Waals surface area contributed by atoms with Crippen molar-refractivity contribution in [2.75, 3.05) is 33.3 Å². The van der Waals surface area contributed by atoms with Gasteiger partial charge < -0.3 is 14.8 Å². The van der Waals surface area contributed by atoms with Gasteiger partial charge in [-0.1, -0.05) is 0 Å². The van der Waals surface area contributed by atoms with E-state index in [4.69, 9.17) is 4.84 Å². The lowest BCUT2D eigenvalue weighted by molar-refractivity contribution is -0.170. The van der Waals surface area contributed by atoms with Gasteiger partial charge >= 0.3 is 0 Å². The second-order valence-corrected chi connectivity index (χ2v) is 3.96. The van der Waals surface area contributed by atoms with Crippen LogP contribution in [0.15, 0.2) is 0 Å². The maximum atomic E-state index is 11.6. The Bertz CT molecular complexity index is 205. The Morgan fingerprint density at radius 2 is 1.79 bits per heavy atom. The molecule has 0 bridgehead atoms. The highest BCUT2D eigenvalue weighted by Crippen LogP contribution is 2.10. The number of aliphatic hydroxyl groups is 1. The first-order valence-electron chi connectivity index (χ1n) is 4.76. The molecule has 0 aliphatic carbocycles. The zero-order valence-electron chi connectivity index (χ0n) is 8.99. The van der Waals surface area contributed by atoms with E-state index in [2.05, 4.69) is 0 Å². The lowest BCUT2D eigenvalue weighted by Crippen LogP contribution is -2.53. The standard InChI is InChI=1S/C9H18N2O3/c1-9(2,13)8(12)10-4-6-11(14-3)7-5-10/h13H,4-7H2,1-3H3. The third-order valence-corrected chi connectivity index (χ3v) is 2.31. The molecule has 5 nitrogen and oxygen atoms in total. The maximum Gasteiger partial charge on any atom is 0.254 e. The van der Waals surface area contributed by atoms with Crippen molar-refractivity contribution in [2.24, 2.45) is 0 Å². The minimum atomic E-state index is -1.27. The lowest BCUT2D eigenvalue weighted by atomic mass is 10.1. The molecule has 14 heavy (non-hydrogen) atoms. The van der Waals surface area contributed by atoms with Gasteiger partial charge in [-0.25, -0.2) is 0 Å². The van der Waals surface area contributed by atoms with Crippen molar-refractivity contribution >= 4 is 5.91 Å². The Kier molecular flexibility index (Phi) is 3.47. The lowest BCUT2D eigenvalue weighted by Gasteiger charge is -2.35. The molecule has 1 heterocycles. The molecule has 1 N–H and O–H groups in total. The zero-order valence-corrected chi connectivity index (χ0v) is 8.99. The molecule has 0 radical (unpaired) electrons. The summed E-state index contributed by atoms with van der Waals surface area (Å²) in [6, 6.07) is 0. The Morgan fingerprint density at radius 1 is 1.29 bits per heavy atom. The summed E-state index contributed by atoms with van der Waals surface area (Å²) in [5, 5.41) is 11.3. The SMILES string of the molecule is CON1CCN(C(=O)C(C)(C)O)CC1. The third kappa shape index (κ3) is 2.67. The number of amides is 1. The van der Waals surface area contributed by atoms with E-state index in [9.17, 15) is 9.90 Å². The second kappa shape index (κ2) is 4.25. The average Bonchev–Trinajstić information content (AvgIpc) is 2.15. The summed E-state index contributed by atoms with van der Waals surface area (Å²) in [5.74, 6) is -0.215. The van der Waals surface area contributed by atoms with E-state index < -0.39 is 5.60 Å². The van der Waals surface area contributed by atoms with Crippen molar-refractivity contribution in [1.29, 1.82) is 0 Å². The van der Waals surface area contributed by atoms with E-state index >= 15 is 0 Å². The number of rotatable bonds is 2. The van der Waals surface area contributed by atoms with Gasteiger partial charge in [-0.3, -0.25) is 4.79 Å². The van der Waals surface area contributed by atoms with Gasteiger partial charge in [0.15, 0.2) is 0 Å². The number of carbonyl (C=O) groups is 1. The topological polar surface area (TPSA) is 53.0 Å². The van der Waals surface area contributed by atoms with Crippen molar-refractivity contribution in [3.8, 4) is 0 Å². The third-order valence-electron chi connectivity index (χ3n) is 2.31. The van der Waals surface area contributed by atoms with Crippen molar-refractivity contribution in [1.82, 2.24) is 9.96 Å². The van der Waals surface area contributed by atoms with Crippen LogP contribution in [0.25, 0.3) is 0 Å². The molecule has 1 saturated heterocycles. The molecule has 0 unspecified atom stereocenters. The van der Waals surface area contributed by atoms with Crippen LogP contribution in [0.5, 0.6) is 0 Å². The molecule has 1 fully saturated rings. The summed E-state index contributed by atoms with van der Waals surface area (Å²) in [4.78, 5) is 18.3. The molecule has 1 rings (SSSR count). The number of carbonyl (C=O) groups excluding carboxylic acids is 1. The first-order chi connectivity index (χ1) is 6.45. The van der Waals surface area contributed by atoms with Crippen LogP contribution < -0.4 is 0 Å². The van der Waals surface area contributed by atoms with Gasteiger partial charge in [0.1, 0.15) is 5.60 Å². The molecule has 0 aromatic heterocycles. The predicted octanol–water partition coefficient (Wildman–Crippen LogP) is -0.537. The van der Waals surface area contributed by atoms with E-state index in [0.717, 1.165) is 0 Å². The highest BCUT2D eigenvalue weighted by molar-refractivity contribution is 5.84. The molecule has 0 aromatic rings. The fraction of sp³-hybridized carbons (Fsp3) is 0.889. The minimum Gasteiger partial charge on any atom is -0.381 e. The molecule has 0 aromatic carbocycles. The van der Waals surface area contributed by atoms with Gasteiger partial charge in [0.05, 0.1) is 7.11 Å². The van der Waals surface area contributed by atoms with Crippen LogP contribution in [0.1, 0.15) is 13.8 Å². The normalized spacial score (nSPS) is 19.9. The number of hydrogen-bond acceptors (Lipinski definition) is 4. The molecule has 1 aliphatic rings. The second-order valence-electron chi connectivity index (χ2n) is 3.96. The Balaban J connectivity index is 2.46. The summed E-state index contributed by atoms with van der Waals surface area (Å²) in [7, 11) is 1.62. The van der Waals surface area contributed by atoms with Crippen LogP contribution >= 0.6 is 0 Å². The molecule has 0 saturated carbocycles. The number of hydroxylamine groups is 2. The molecular formula is C9H18N2O3. The summed E-state index contributed by atoms with van der Waals surface area (Å²) < 4.78 is 0. The predicted molar refractivity (Wildman–Crippen MR) is 51.5 cm³/mol. The highest BCUT2D eigenvalue weighted by Gasteiger charge is 2.31. The molecule has 1 amide bonds. The van der Waals surface area contributed by atoms with Crippen molar-refractivity contribution in [3.63, 3.8) is 0 Å². The Hall–Kier alpha value is -0.650. The Labute approximate surface area is 84.2 Å². The largest absolute Gasteiger partial charge is 0.381 e. The van der Waals surface area contributed by atoms with Gasteiger partial charge in [-0.2, -0.15) is 5.06 Å². The van der Waals surface area contributed by atoms with Gasteiger partial charge in [-0.15, -0.1) is 0 Å². The van der Waals surface area contributed by atoms with Crippen LogP contribution in [0.3, 0.4) is 0 Å². The summed E-state index contributed by atoms with van der Waals surface area (Å²) in [6.07, 6.45) is 0. The van der Waals surface area contributed by atoms with Gasteiger partial charge in [0.25, 0.3) is 5.91 Å². The van der Waals surface area contributed by atoms with Crippen LogP contribution in [0.4, 0.5) is 0 Å². The molecular weight excluding hydrogens is 184 g/mol. The number of nitrogens with zero attached hydrogens (tertiary/aromatic N) is 2. The molecule has 0 spiro atoms. The van der Waals surface area contributed by atoms with E-state index in [-0.39, 0.29) is 5.91 Å². The van der Waals surface area contributed by atoms with E-state index in [0.29, 0.717) is 26.2 Å². The first-order valence-corrected chi connectivity index (χ1v) is 4.76. The smallest absolute Gasteiger partial charge is 0.254 e. The molecule has 82 valence electrons.